The molecule has 124 valence electrons. The first kappa shape index (κ1) is 17.0. The Labute approximate surface area is 137 Å². The van der Waals surface area contributed by atoms with Crippen LogP contribution < -0.4 is 4.74 Å². The van der Waals surface area contributed by atoms with Gasteiger partial charge in [0.15, 0.2) is 0 Å². The van der Waals surface area contributed by atoms with Gasteiger partial charge in [0.2, 0.25) is 0 Å². The van der Waals surface area contributed by atoms with Gasteiger partial charge >= 0.3 is 0 Å². The van der Waals surface area contributed by atoms with Crippen molar-refractivity contribution in [3.05, 3.63) is 46.0 Å². The average Bonchev–Trinajstić information content (AvgIpc) is 2.53. The Kier molecular flexibility index (Phi) is 5.04. The number of benzene rings is 2. The molecular weight excluding hydrogens is 292 g/mol. The van der Waals surface area contributed by atoms with Crippen molar-refractivity contribution >= 4 is 0 Å². The molecule has 0 spiro atoms. The smallest absolute Gasteiger partial charge is 0.125 e. The maximum absolute atomic E-state index is 10.3. The molecular formula is C19H24O4. The lowest BCUT2D eigenvalue weighted by Gasteiger charge is -2.18. The van der Waals surface area contributed by atoms with Gasteiger partial charge in [-0.25, -0.2) is 0 Å². The Morgan fingerprint density at radius 1 is 0.826 bits per heavy atom. The molecule has 0 aliphatic heterocycles. The van der Waals surface area contributed by atoms with Crippen molar-refractivity contribution in [2.45, 2.75) is 40.0 Å². The highest BCUT2D eigenvalue weighted by Gasteiger charge is 2.17. The number of phenolic OH excluding ortho intramolecular Hbond substituents is 3. The molecule has 2 aromatic rings. The van der Waals surface area contributed by atoms with E-state index < -0.39 is 0 Å². The molecule has 3 N–H and O–H groups in total. The Hall–Kier alpha value is -2.36. The number of methoxy groups -OCH3 is 1. The molecule has 0 amide bonds. The third-order valence-corrected chi connectivity index (χ3v) is 4.52. The summed E-state index contributed by atoms with van der Waals surface area (Å²) < 4.78 is 5.53. The van der Waals surface area contributed by atoms with Crippen LogP contribution in [0, 0.1) is 20.8 Å². The third kappa shape index (κ3) is 3.21. The number of aromatic hydroxyl groups is 3. The average molecular weight is 316 g/mol. The van der Waals surface area contributed by atoms with Crippen molar-refractivity contribution in [1.29, 1.82) is 0 Å². The summed E-state index contributed by atoms with van der Waals surface area (Å²) in [5.41, 5.74) is 4.13. The molecule has 4 nitrogen and oxygen atoms in total. The van der Waals surface area contributed by atoms with Gasteiger partial charge in [-0.05, 0) is 68.9 Å². The van der Waals surface area contributed by atoms with Crippen LogP contribution in [0.15, 0.2) is 18.2 Å². The molecule has 2 rings (SSSR count). The fourth-order valence-electron chi connectivity index (χ4n) is 3.01. The second kappa shape index (κ2) is 6.82. The third-order valence-electron chi connectivity index (χ3n) is 4.52. The van der Waals surface area contributed by atoms with Crippen molar-refractivity contribution in [3.63, 3.8) is 0 Å². The van der Waals surface area contributed by atoms with Crippen molar-refractivity contribution in [3.8, 4) is 23.0 Å². The number of hydrogen-bond acceptors (Lipinski definition) is 4. The standard InChI is InChI=1S/C19H24O4/c1-11-12(2)19(23-4)14(13(3)18(11)22)7-5-8-15-16(20)9-6-10-17(15)21/h6,9-10,20-22H,5,7-8H2,1-4H3. The van der Waals surface area contributed by atoms with Crippen molar-refractivity contribution in [2.75, 3.05) is 7.11 Å². The zero-order valence-electron chi connectivity index (χ0n) is 14.1. The minimum absolute atomic E-state index is 0.108. The zero-order chi connectivity index (χ0) is 17.1. The Bertz CT molecular complexity index is 700. The van der Waals surface area contributed by atoms with Crippen molar-refractivity contribution in [2.24, 2.45) is 0 Å². The zero-order valence-corrected chi connectivity index (χ0v) is 14.1. The van der Waals surface area contributed by atoms with Crippen LogP contribution in [0.2, 0.25) is 0 Å². The molecule has 0 bridgehead atoms. The summed E-state index contributed by atoms with van der Waals surface area (Å²) in [5, 5.41) is 29.9. The Morgan fingerprint density at radius 3 is 1.96 bits per heavy atom. The SMILES string of the molecule is COc1c(C)c(C)c(O)c(C)c1CCCc1c(O)cccc1O. The van der Waals surface area contributed by atoms with E-state index in [9.17, 15) is 15.3 Å². The van der Waals surface area contributed by atoms with Crippen LogP contribution in [-0.4, -0.2) is 22.4 Å². The summed E-state index contributed by atoms with van der Waals surface area (Å²) in [6.07, 6.45) is 1.97. The quantitative estimate of drug-likeness (QED) is 0.782. The lowest BCUT2D eigenvalue weighted by atomic mass is 9.93. The second-order valence-corrected chi connectivity index (χ2v) is 5.86. The van der Waals surface area contributed by atoms with Crippen LogP contribution in [-0.2, 0) is 12.8 Å². The highest BCUT2D eigenvalue weighted by atomic mass is 16.5. The van der Waals surface area contributed by atoms with E-state index >= 15 is 0 Å². The van der Waals surface area contributed by atoms with E-state index in [-0.39, 0.29) is 11.5 Å². The van der Waals surface area contributed by atoms with Crippen LogP contribution in [0.4, 0.5) is 0 Å². The molecule has 2 aromatic carbocycles. The highest BCUT2D eigenvalue weighted by molar-refractivity contribution is 5.57. The van der Waals surface area contributed by atoms with Gasteiger partial charge in [0, 0.05) is 11.1 Å². The normalized spacial score (nSPS) is 10.8. The Balaban J connectivity index is 2.24. The van der Waals surface area contributed by atoms with Crippen LogP contribution in [0.5, 0.6) is 23.0 Å². The molecule has 0 aliphatic carbocycles. The predicted octanol–water partition coefficient (Wildman–Crippen LogP) is 3.91. The van der Waals surface area contributed by atoms with Gasteiger partial charge in [-0.1, -0.05) is 6.07 Å². The van der Waals surface area contributed by atoms with Crippen LogP contribution in [0.3, 0.4) is 0 Å². The second-order valence-electron chi connectivity index (χ2n) is 5.86. The summed E-state index contributed by atoms with van der Waals surface area (Å²) in [6.45, 7) is 5.70. The van der Waals surface area contributed by atoms with Crippen LogP contribution in [0.1, 0.15) is 34.2 Å². The Morgan fingerprint density at radius 2 is 1.39 bits per heavy atom. The molecule has 0 saturated heterocycles. The number of hydrogen-bond donors (Lipinski definition) is 3. The van der Waals surface area contributed by atoms with E-state index in [0.29, 0.717) is 24.2 Å². The fraction of sp³-hybridized carbons (Fsp3) is 0.368. The maximum atomic E-state index is 10.3. The van der Waals surface area contributed by atoms with Crippen LogP contribution in [0.25, 0.3) is 0 Å². The van der Waals surface area contributed by atoms with Gasteiger partial charge in [0.05, 0.1) is 7.11 Å². The molecule has 4 heteroatoms. The van der Waals surface area contributed by atoms with Crippen molar-refractivity contribution < 1.29 is 20.1 Å². The molecule has 0 radical (unpaired) electrons. The topological polar surface area (TPSA) is 69.9 Å². The van der Waals surface area contributed by atoms with Gasteiger partial charge < -0.3 is 20.1 Å². The molecule has 0 atom stereocenters. The summed E-state index contributed by atoms with van der Waals surface area (Å²) >= 11 is 0. The van der Waals surface area contributed by atoms with E-state index in [4.69, 9.17) is 4.74 Å². The van der Waals surface area contributed by atoms with E-state index in [2.05, 4.69) is 0 Å². The first-order valence-electron chi connectivity index (χ1n) is 7.73. The molecule has 0 unspecified atom stereocenters. The fourth-order valence-corrected chi connectivity index (χ4v) is 3.01. The first-order chi connectivity index (χ1) is 10.9. The minimum atomic E-state index is 0.108. The van der Waals surface area contributed by atoms with Crippen LogP contribution >= 0.6 is 0 Å². The maximum Gasteiger partial charge on any atom is 0.125 e. The van der Waals surface area contributed by atoms with E-state index in [1.165, 1.54) is 0 Å². The number of rotatable bonds is 5. The molecule has 0 saturated carbocycles. The summed E-state index contributed by atoms with van der Waals surface area (Å²) in [7, 11) is 1.64. The number of ether oxygens (including phenoxy) is 1. The molecule has 0 aliphatic rings. The minimum Gasteiger partial charge on any atom is -0.508 e. The lowest BCUT2D eigenvalue weighted by molar-refractivity contribution is 0.400. The summed E-state index contributed by atoms with van der Waals surface area (Å²) in [4.78, 5) is 0. The lowest BCUT2D eigenvalue weighted by Crippen LogP contribution is -2.02. The molecule has 23 heavy (non-hydrogen) atoms. The first-order valence-corrected chi connectivity index (χ1v) is 7.73. The number of phenols is 3. The van der Waals surface area contributed by atoms with Gasteiger partial charge in [-0.2, -0.15) is 0 Å². The van der Waals surface area contributed by atoms with Gasteiger partial charge in [0.25, 0.3) is 0 Å². The van der Waals surface area contributed by atoms with E-state index in [0.717, 1.165) is 34.4 Å². The van der Waals surface area contributed by atoms with Crippen molar-refractivity contribution in [1.82, 2.24) is 0 Å². The molecule has 0 aromatic heterocycles. The van der Waals surface area contributed by atoms with Gasteiger partial charge in [-0.15, -0.1) is 0 Å². The van der Waals surface area contributed by atoms with Gasteiger partial charge in [-0.3, -0.25) is 0 Å². The summed E-state index contributed by atoms with van der Waals surface area (Å²) in [6, 6.07) is 4.76. The van der Waals surface area contributed by atoms with E-state index in [1.807, 2.05) is 20.8 Å². The summed E-state index contributed by atoms with van der Waals surface area (Å²) in [5.74, 6) is 1.33. The monoisotopic (exact) mass is 316 g/mol. The van der Waals surface area contributed by atoms with Gasteiger partial charge in [0.1, 0.15) is 23.0 Å². The highest BCUT2D eigenvalue weighted by Crippen LogP contribution is 2.38. The van der Waals surface area contributed by atoms with E-state index in [1.54, 1.807) is 25.3 Å². The molecule has 0 fully saturated rings. The predicted molar refractivity (Wildman–Crippen MR) is 90.7 cm³/mol. The largest absolute Gasteiger partial charge is 0.508 e. The molecule has 0 heterocycles.